The van der Waals surface area contributed by atoms with Gasteiger partial charge in [-0.2, -0.15) is 5.10 Å². The van der Waals surface area contributed by atoms with Crippen LogP contribution in [-0.2, 0) is 7.05 Å². The van der Waals surface area contributed by atoms with Gasteiger partial charge in [-0.1, -0.05) is 32.0 Å². The molecule has 5 heteroatoms. The van der Waals surface area contributed by atoms with Crippen molar-refractivity contribution in [3.8, 4) is 16.9 Å². The van der Waals surface area contributed by atoms with Gasteiger partial charge in [0.2, 0.25) is 0 Å². The summed E-state index contributed by atoms with van der Waals surface area (Å²) in [5.74, 6) is 2.11. The SMILES string of the molecule is CCCN(CCC)c1c2cccc(-c3ccc(OC)cc3C)c2nn1C.Cl. The molecule has 0 atom stereocenters. The molecular formula is C22H30ClN3O. The molecule has 0 bridgehead atoms. The van der Waals surface area contributed by atoms with Crippen LogP contribution in [0.4, 0.5) is 5.82 Å². The largest absolute Gasteiger partial charge is 0.497 e. The highest BCUT2D eigenvalue weighted by Gasteiger charge is 2.18. The molecule has 0 aliphatic carbocycles. The lowest BCUT2D eigenvalue weighted by molar-refractivity contribution is 0.414. The average molecular weight is 388 g/mol. The summed E-state index contributed by atoms with van der Waals surface area (Å²) in [5.41, 5.74) is 4.65. The van der Waals surface area contributed by atoms with E-state index in [1.165, 1.54) is 27.9 Å². The van der Waals surface area contributed by atoms with Crippen LogP contribution in [0.15, 0.2) is 36.4 Å². The van der Waals surface area contributed by atoms with Crippen molar-refractivity contribution in [1.82, 2.24) is 9.78 Å². The third-order valence-electron chi connectivity index (χ3n) is 4.84. The van der Waals surface area contributed by atoms with E-state index in [-0.39, 0.29) is 12.4 Å². The topological polar surface area (TPSA) is 30.3 Å². The Balaban J connectivity index is 0.00000261. The van der Waals surface area contributed by atoms with E-state index in [0.717, 1.165) is 37.2 Å². The first kappa shape index (κ1) is 21.1. The number of fused-ring (bicyclic) bond motifs is 1. The minimum Gasteiger partial charge on any atom is -0.497 e. The molecule has 0 radical (unpaired) electrons. The molecule has 1 heterocycles. The van der Waals surface area contributed by atoms with E-state index in [9.17, 15) is 0 Å². The summed E-state index contributed by atoms with van der Waals surface area (Å²) in [5, 5.41) is 6.13. The lowest BCUT2D eigenvalue weighted by Gasteiger charge is -2.23. The van der Waals surface area contributed by atoms with Gasteiger partial charge in [0, 0.05) is 31.1 Å². The summed E-state index contributed by atoms with van der Waals surface area (Å²) in [7, 11) is 3.76. The zero-order valence-corrected chi connectivity index (χ0v) is 17.8. The second-order valence-electron chi connectivity index (χ2n) is 6.82. The molecule has 0 saturated carbocycles. The van der Waals surface area contributed by atoms with Crippen LogP contribution in [0.3, 0.4) is 0 Å². The van der Waals surface area contributed by atoms with Gasteiger partial charge in [0.15, 0.2) is 0 Å². The molecule has 0 N–H and O–H groups in total. The molecule has 2 aromatic carbocycles. The van der Waals surface area contributed by atoms with E-state index in [0.29, 0.717) is 0 Å². The van der Waals surface area contributed by atoms with Gasteiger partial charge >= 0.3 is 0 Å². The van der Waals surface area contributed by atoms with Crippen molar-refractivity contribution in [1.29, 1.82) is 0 Å². The smallest absolute Gasteiger partial charge is 0.134 e. The van der Waals surface area contributed by atoms with Crippen LogP contribution in [0.2, 0.25) is 0 Å². The van der Waals surface area contributed by atoms with Gasteiger partial charge in [0.05, 0.1) is 7.11 Å². The van der Waals surface area contributed by atoms with Gasteiger partial charge < -0.3 is 9.64 Å². The number of methoxy groups -OCH3 is 1. The standard InChI is InChI=1S/C22H29N3O.ClH/c1-6-13-25(14-7-2)22-20-10-8-9-19(21(20)23-24(22)4)18-12-11-17(26-5)15-16(18)3;/h8-12,15H,6-7,13-14H2,1-5H3;1H. The van der Waals surface area contributed by atoms with Crippen LogP contribution < -0.4 is 9.64 Å². The van der Waals surface area contributed by atoms with Gasteiger partial charge in [0.25, 0.3) is 0 Å². The molecular weight excluding hydrogens is 358 g/mol. The lowest BCUT2D eigenvalue weighted by atomic mass is 9.98. The number of halogens is 1. The molecule has 146 valence electrons. The fourth-order valence-electron chi connectivity index (χ4n) is 3.72. The zero-order chi connectivity index (χ0) is 18.7. The number of hydrogen-bond acceptors (Lipinski definition) is 3. The Bertz CT molecular complexity index is 898. The molecule has 0 amide bonds. The van der Waals surface area contributed by atoms with Gasteiger partial charge in [-0.3, -0.25) is 4.68 Å². The van der Waals surface area contributed by atoms with Gasteiger partial charge in [-0.05, 0) is 49.1 Å². The molecule has 0 unspecified atom stereocenters. The second kappa shape index (κ2) is 9.14. The van der Waals surface area contributed by atoms with Crippen molar-refractivity contribution < 1.29 is 4.74 Å². The predicted molar refractivity (Wildman–Crippen MR) is 117 cm³/mol. The Morgan fingerprint density at radius 2 is 1.74 bits per heavy atom. The van der Waals surface area contributed by atoms with Crippen LogP contribution in [0, 0.1) is 6.92 Å². The summed E-state index contributed by atoms with van der Waals surface area (Å²) < 4.78 is 7.40. The number of hydrogen-bond donors (Lipinski definition) is 0. The first-order valence-electron chi connectivity index (χ1n) is 9.46. The maximum absolute atomic E-state index is 5.36. The summed E-state index contributed by atoms with van der Waals surface area (Å²) >= 11 is 0. The summed E-state index contributed by atoms with van der Waals surface area (Å²) in [6, 6.07) is 12.7. The van der Waals surface area contributed by atoms with Crippen molar-refractivity contribution in [2.45, 2.75) is 33.6 Å². The van der Waals surface area contributed by atoms with Gasteiger partial charge in [-0.15, -0.1) is 12.4 Å². The Morgan fingerprint density at radius 3 is 2.33 bits per heavy atom. The molecule has 0 spiro atoms. The number of nitrogens with zero attached hydrogens (tertiary/aromatic N) is 3. The number of aromatic nitrogens is 2. The van der Waals surface area contributed by atoms with Gasteiger partial charge in [0.1, 0.15) is 17.1 Å². The van der Waals surface area contributed by atoms with Crippen molar-refractivity contribution in [2.75, 3.05) is 25.1 Å². The van der Waals surface area contributed by atoms with E-state index in [2.05, 4.69) is 63.1 Å². The Hall–Kier alpha value is -2.20. The van der Waals surface area contributed by atoms with Crippen molar-refractivity contribution in [2.24, 2.45) is 7.05 Å². The highest BCUT2D eigenvalue weighted by molar-refractivity contribution is 6.00. The summed E-state index contributed by atoms with van der Waals surface area (Å²) in [6.07, 6.45) is 2.26. The van der Waals surface area contributed by atoms with Crippen LogP contribution in [0.1, 0.15) is 32.3 Å². The van der Waals surface area contributed by atoms with Crippen LogP contribution in [0.5, 0.6) is 5.75 Å². The molecule has 27 heavy (non-hydrogen) atoms. The summed E-state index contributed by atoms with van der Waals surface area (Å²) in [6.45, 7) is 8.68. The third-order valence-corrected chi connectivity index (χ3v) is 4.84. The highest BCUT2D eigenvalue weighted by atomic mass is 35.5. The number of benzene rings is 2. The molecule has 1 aromatic heterocycles. The first-order chi connectivity index (χ1) is 12.6. The lowest BCUT2D eigenvalue weighted by Crippen LogP contribution is -2.27. The van der Waals surface area contributed by atoms with Crippen LogP contribution in [0.25, 0.3) is 22.0 Å². The minimum atomic E-state index is 0. The molecule has 3 aromatic rings. The molecule has 0 fully saturated rings. The third kappa shape index (κ3) is 4.06. The molecule has 0 saturated heterocycles. The van der Waals surface area contributed by atoms with Crippen molar-refractivity contribution >= 4 is 29.1 Å². The number of aryl methyl sites for hydroxylation is 2. The Morgan fingerprint density at radius 1 is 1.04 bits per heavy atom. The zero-order valence-electron chi connectivity index (χ0n) is 17.0. The monoisotopic (exact) mass is 387 g/mol. The Kier molecular flexibility index (Phi) is 7.14. The molecule has 0 aliphatic rings. The van der Waals surface area contributed by atoms with Crippen LogP contribution >= 0.6 is 12.4 Å². The average Bonchev–Trinajstić information content (AvgIpc) is 2.97. The molecule has 3 rings (SSSR count). The summed E-state index contributed by atoms with van der Waals surface area (Å²) in [4.78, 5) is 2.46. The number of ether oxygens (including phenoxy) is 1. The fourth-order valence-corrected chi connectivity index (χ4v) is 3.72. The maximum Gasteiger partial charge on any atom is 0.134 e. The van der Waals surface area contributed by atoms with Crippen molar-refractivity contribution in [3.05, 3.63) is 42.0 Å². The quantitative estimate of drug-likeness (QED) is 0.528. The van der Waals surface area contributed by atoms with Crippen molar-refractivity contribution in [3.63, 3.8) is 0 Å². The van der Waals surface area contributed by atoms with Crippen LogP contribution in [-0.4, -0.2) is 30.0 Å². The van der Waals surface area contributed by atoms with E-state index in [4.69, 9.17) is 9.84 Å². The number of anilines is 1. The normalized spacial score (nSPS) is 10.7. The van der Waals surface area contributed by atoms with E-state index < -0.39 is 0 Å². The highest BCUT2D eigenvalue weighted by Crippen LogP contribution is 2.36. The molecule has 0 aliphatic heterocycles. The Labute approximate surface area is 168 Å². The fraction of sp³-hybridized carbons (Fsp3) is 0.409. The minimum absolute atomic E-state index is 0. The predicted octanol–water partition coefficient (Wildman–Crippen LogP) is 5.61. The van der Waals surface area contributed by atoms with E-state index in [1.807, 2.05) is 10.7 Å². The maximum atomic E-state index is 5.36. The van der Waals surface area contributed by atoms with E-state index in [1.54, 1.807) is 7.11 Å². The van der Waals surface area contributed by atoms with E-state index >= 15 is 0 Å². The number of rotatable bonds is 7. The second-order valence-corrected chi connectivity index (χ2v) is 6.82. The first-order valence-corrected chi connectivity index (χ1v) is 9.46. The molecule has 4 nitrogen and oxygen atoms in total. The van der Waals surface area contributed by atoms with Gasteiger partial charge in [-0.25, -0.2) is 0 Å².